The quantitative estimate of drug-likeness (QED) is 0.818. The van der Waals surface area contributed by atoms with Crippen LogP contribution in [0.4, 0.5) is 8.78 Å². The molecule has 2 nitrogen and oxygen atoms in total. The Balaban J connectivity index is 2.55. The van der Waals surface area contributed by atoms with Crippen LogP contribution in [0.5, 0.6) is 0 Å². The van der Waals surface area contributed by atoms with E-state index < -0.39 is 11.6 Å². The molecular formula is C14H22F2N2. The summed E-state index contributed by atoms with van der Waals surface area (Å²) in [6.07, 6.45) is 0. The minimum absolute atomic E-state index is 0.117. The fraction of sp³-hybridized carbons (Fsp3) is 0.571. The Morgan fingerprint density at radius 3 is 2.39 bits per heavy atom. The molecule has 0 aliphatic heterocycles. The molecule has 1 atom stereocenters. The van der Waals surface area contributed by atoms with Crippen molar-refractivity contribution in [1.29, 1.82) is 0 Å². The van der Waals surface area contributed by atoms with E-state index in [1.807, 2.05) is 6.92 Å². The number of rotatable bonds is 6. The van der Waals surface area contributed by atoms with Gasteiger partial charge in [-0.3, -0.25) is 0 Å². The molecular weight excluding hydrogens is 234 g/mol. The Hall–Kier alpha value is -1.00. The van der Waals surface area contributed by atoms with Gasteiger partial charge in [-0.15, -0.1) is 0 Å². The normalized spacial score (nSPS) is 13.1. The Labute approximate surface area is 108 Å². The Morgan fingerprint density at radius 1 is 1.11 bits per heavy atom. The first-order chi connectivity index (χ1) is 8.41. The van der Waals surface area contributed by atoms with E-state index in [-0.39, 0.29) is 18.2 Å². The van der Waals surface area contributed by atoms with Crippen molar-refractivity contribution in [1.82, 2.24) is 10.6 Å². The Morgan fingerprint density at radius 2 is 1.78 bits per heavy atom. The smallest absolute Gasteiger partial charge is 0.133 e. The Bertz CT molecular complexity index is 392. The second kappa shape index (κ2) is 6.81. The van der Waals surface area contributed by atoms with Crippen molar-refractivity contribution >= 4 is 0 Å². The number of benzene rings is 1. The minimum atomic E-state index is -0.491. The zero-order chi connectivity index (χ0) is 13.7. The van der Waals surface area contributed by atoms with Gasteiger partial charge in [0, 0.05) is 30.7 Å². The fourth-order valence-corrected chi connectivity index (χ4v) is 1.64. The SMILES string of the molecule is Cc1ccc(F)c(CNC(C)CNC(C)C)c1F. The first-order valence-corrected chi connectivity index (χ1v) is 6.32. The monoisotopic (exact) mass is 256 g/mol. The molecule has 0 spiro atoms. The van der Waals surface area contributed by atoms with Gasteiger partial charge in [-0.2, -0.15) is 0 Å². The van der Waals surface area contributed by atoms with Crippen molar-refractivity contribution in [2.75, 3.05) is 6.54 Å². The van der Waals surface area contributed by atoms with E-state index in [0.29, 0.717) is 11.6 Å². The van der Waals surface area contributed by atoms with Gasteiger partial charge < -0.3 is 10.6 Å². The molecule has 1 aromatic rings. The summed E-state index contributed by atoms with van der Waals surface area (Å²) >= 11 is 0. The molecule has 2 N–H and O–H groups in total. The van der Waals surface area contributed by atoms with Crippen molar-refractivity contribution in [3.63, 3.8) is 0 Å². The van der Waals surface area contributed by atoms with Gasteiger partial charge in [-0.05, 0) is 25.5 Å². The van der Waals surface area contributed by atoms with Crippen LogP contribution in [0, 0.1) is 18.6 Å². The van der Waals surface area contributed by atoms with Crippen LogP contribution in [0.1, 0.15) is 31.9 Å². The minimum Gasteiger partial charge on any atom is -0.313 e. The van der Waals surface area contributed by atoms with Crippen LogP contribution in [-0.2, 0) is 6.54 Å². The summed E-state index contributed by atoms with van der Waals surface area (Å²) in [6.45, 7) is 8.73. The lowest BCUT2D eigenvalue weighted by Crippen LogP contribution is -2.38. The molecule has 4 heteroatoms. The average Bonchev–Trinajstić information content (AvgIpc) is 2.31. The van der Waals surface area contributed by atoms with E-state index in [9.17, 15) is 8.78 Å². The molecule has 1 aromatic carbocycles. The van der Waals surface area contributed by atoms with Crippen molar-refractivity contribution < 1.29 is 8.78 Å². The summed E-state index contributed by atoms with van der Waals surface area (Å²) in [5.74, 6) is -0.943. The van der Waals surface area contributed by atoms with Crippen LogP contribution in [0.2, 0.25) is 0 Å². The summed E-state index contributed by atoms with van der Waals surface area (Å²) in [4.78, 5) is 0. The first-order valence-electron chi connectivity index (χ1n) is 6.32. The Kier molecular flexibility index (Phi) is 5.69. The molecule has 1 rings (SSSR count). The molecule has 0 amide bonds. The number of hydrogen-bond acceptors (Lipinski definition) is 2. The topological polar surface area (TPSA) is 24.1 Å². The van der Waals surface area contributed by atoms with Crippen molar-refractivity contribution in [2.45, 2.75) is 46.3 Å². The third-order valence-electron chi connectivity index (χ3n) is 2.84. The number of nitrogens with one attached hydrogen (secondary N) is 2. The number of halogens is 2. The molecule has 0 heterocycles. The highest BCUT2D eigenvalue weighted by Gasteiger charge is 2.12. The van der Waals surface area contributed by atoms with Gasteiger partial charge in [0.05, 0.1) is 0 Å². The van der Waals surface area contributed by atoms with E-state index in [4.69, 9.17) is 0 Å². The predicted octanol–water partition coefficient (Wildman–Crippen LogP) is 2.75. The van der Waals surface area contributed by atoms with Gasteiger partial charge in [0.15, 0.2) is 0 Å². The first kappa shape index (κ1) is 15.1. The highest BCUT2D eigenvalue weighted by Crippen LogP contribution is 2.16. The molecule has 0 fully saturated rings. The van der Waals surface area contributed by atoms with Crippen LogP contribution in [0.15, 0.2) is 12.1 Å². The maximum absolute atomic E-state index is 13.7. The van der Waals surface area contributed by atoms with Gasteiger partial charge in [0.2, 0.25) is 0 Å². The predicted molar refractivity (Wildman–Crippen MR) is 70.5 cm³/mol. The third kappa shape index (κ3) is 4.35. The van der Waals surface area contributed by atoms with Crippen LogP contribution < -0.4 is 10.6 Å². The zero-order valence-electron chi connectivity index (χ0n) is 11.5. The second-order valence-corrected chi connectivity index (χ2v) is 5.00. The summed E-state index contributed by atoms with van der Waals surface area (Å²) in [5.41, 5.74) is 0.590. The fourth-order valence-electron chi connectivity index (χ4n) is 1.64. The molecule has 18 heavy (non-hydrogen) atoms. The molecule has 0 saturated heterocycles. The molecule has 102 valence electrons. The van der Waals surface area contributed by atoms with Gasteiger partial charge in [-0.25, -0.2) is 8.78 Å². The van der Waals surface area contributed by atoms with Gasteiger partial charge in [-0.1, -0.05) is 19.9 Å². The van der Waals surface area contributed by atoms with Crippen molar-refractivity contribution in [3.05, 3.63) is 34.9 Å². The van der Waals surface area contributed by atoms with Crippen molar-refractivity contribution in [3.8, 4) is 0 Å². The lowest BCUT2D eigenvalue weighted by molar-refractivity contribution is 0.457. The molecule has 0 aliphatic rings. The second-order valence-electron chi connectivity index (χ2n) is 5.00. The highest BCUT2D eigenvalue weighted by atomic mass is 19.1. The van der Waals surface area contributed by atoms with Crippen LogP contribution in [0.25, 0.3) is 0 Å². The molecule has 0 radical (unpaired) electrons. The highest BCUT2D eigenvalue weighted by molar-refractivity contribution is 5.26. The van der Waals surface area contributed by atoms with E-state index in [0.717, 1.165) is 6.54 Å². The standard InChI is InChI=1S/C14H22F2N2/c1-9(2)17-7-11(4)18-8-12-13(15)6-5-10(3)14(12)16/h5-6,9,11,17-18H,7-8H2,1-4H3. The van der Waals surface area contributed by atoms with Gasteiger partial charge >= 0.3 is 0 Å². The lowest BCUT2D eigenvalue weighted by atomic mass is 10.1. The largest absolute Gasteiger partial charge is 0.313 e. The maximum Gasteiger partial charge on any atom is 0.133 e. The number of aryl methyl sites for hydroxylation is 1. The molecule has 0 aliphatic carbocycles. The summed E-state index contributed by atoms with van der Waals surface area (Å²) in [6, 6.07) is 3.33. The third-order valence-corrected chi connectivity index (χ3v) is 2.84. The van der Waals surface area contributed by atoms with Gasteiger partial charge in [0.1, 0.15) is 11.6 Å². The van der Waals surface area contributed by atoms with E-state index in [1.54, 1.807) is 6.92 Å². The molecule has 0 saturated carbocycles. The average molecular weight is 256 g/mol. The zero-order valence-corrected chi connectivity index (χ0v) is 11.5. The molecule has 0 aromatic heterocycles. The van der Waals surface area contributed by atoms with Crippen LogP contribution in [0.3, 0.4) is 0 Å². The summed E-state index contributed by atoms with van der Waals surface area (Å²) in [5, 5.41) is 6.39. The molecule has 1 unspecified atom stereocenters. The van der Waals surface area contributed by atoms with Crippen molar-refractivity contribution in [2.24, 2.45) is 0 Å². The number of hydrogen-bond donors (Lipinski definition) is 2. The molecule has 0 bridgehead atoms. The maximum atomic E-state index is 13.7. The summed E-state index contributed by atoms with van der Waals surface area (Å²) < 4.78 is 27.2. The van der Waals surface area contributed by atoms with E-state index in [2.05, 4.69) is 24.5 Å². The summed E-state index contributed by atoms with van der Waals surface area (Å²) in [7, 11) is 0. The van der Waals surface area contributed by atoms with E-state index >= 15 is 0 Å². The van der Waals surface area contributed by atoms with Crippen LogP contribution >= 0.6 is 0 Å². The van der Waals surface area contributed by atoms with Gasteiger partial charge in [0.25, 0.3) is 0 Å². The van der Waals surface area contributed by atoms with Crippen LogP contribution in [-0.4, -0.2) is 18.6 Å². The lowest BCUT2D eigenvalue weighted by Gasteiger charge is -2.17. The van der Waals surface area contributed by atoms with E-state index in [1.165, 1.54) is 12.1 Å².